The first-order chi connectivity index (χ1) is 10.4. The average molecular weight is 302 g/mol. The Morgan fingerprint density at radius 2 is 2.00 bits per heavy atom. The fraction of sp³-hybridized carbons (Fsp3) is 0.294. The third-order valence-corrected chi connectivity index (χ3v) is 3.24. The first-order valence-electron chi connectivity index (χ1n) is 6.89. The Hall–Kier alpha value is -2.56. The molecule has 0 atom stereocenters. The quantitative estimate of drug-likeness (QED) is 0.368. The molecule has 1 heterocycles. The molecule has 0 fully saturated rings. The van der Waals surface area contributed by atoms with Gasteiger partial charge in [0.25, 0.3) is 0 Å². The summed E-state index contributed by atoms with van der Waals surface area (Å²) in [6.07, 6.45) is 0. The second-order valence-corrected chi connectivity index (χ2v) is 5.08. The van der Waals surface area contributed by atoms with Gasteiger partial charge >= 0.3 is 11.6 Å². The van der Waals surface area contributed by atoms with E-state index in [0.29, 0.717) is 16.9 Å². The summed E-state index contributed by atoms with van der Waals surface area (Å²) in [7, 11) is 0. The first-order valence-corrected chi connectivity index (χ1v) is 6.89. The minimum Gasteiger partial charge on any atom is -0.490 e. The Morgan fingerprint density at radius 1 is 1.27 bits per heavy atom. The first kappa shape index (κ1) is 15.8. The van der Waals surface area contributed by atoms with E-state index in [9.17, 15) is 9.59 Å². The van der Waals surface area contributed by atoms with Gasteiger partial charge in [-0.25, -0.2) is 9.59 Å². The molecule has 0 saturated heterocycles. The van der Waals surface area contributed by atoms with Crippen LogP contribution < -0.4 is 10.4 Å². The summed E-state index contributed by atoms with van der Waals surface area (Å²) in [6, 6.07) is 5.11. The van der Waals surface area contributed by atoms with Crippen molar-refractivity contribution in [1.82, 2.24) is 0 Å². The second-order valence-electron chi connectivity index (χ2n) is 5.08. The molecule has 0 unspecified atom stereocenters. The van der Waals surface area contributed by atoms with Crippen LogP contribution in [0.2, 0.25) is 0 Å². The number of fused-ring (bicyclic) bond motifs is 1. The highest BCUT2D eigenvalue weighted by Gasteiger charge is 2.10. The van der Waals surface area contributed by atoms with Crippen LogP contribution in [0.25, 0.3) is 11.0 Å². The Bertz CT molecular complexity index is 785. The topological polar surface area (TPSA) is 65.7 Å². The Labute approximate surface area is 128 Å². The molecule has 0 aliphatic rings. The van der Waals surface area contributed by atoms with E-state index in [2.05, 4.69) is 6.58 Å². The molecule has 2 aromatic rings. The van der Waals surface area contributed by atoms with Gasteiger partial charge in [0.2, 0.25) is 0 Å². The molecule has 22 heavy (non-hydrogen) atoms. The molecule has 2 rings (SSSR count). The van der Waals surface area contributed by atoms with Gasteiger partial charge in [-0.15, -0.1) is 0 Å². The van der Waals surface area contributed by atoms with Gasteiger partial charge < -0.3 is 13.9 Å². The highest BCUT2D eigenvalue weighted by Crippen LogP contribution is 2.28. The maximum Gasteiger partial charge on any atom is 0.336 e. The smallest absolute Gasteiger partial charge is 0.336 e. The Kier molecular flexibility index (Phi) is 4.65. The lowest BCUT2D eigenvalue weighted by molar-refractivity contribution is -0.139. The zero-order valence-corrected chi connectivity index (χ0v) is 12.9. The van der Waals surface area contributed by atoms with Crippen LogP contribution in [-0.4, -0.2) is 19.2 Å². The van der Waals surface area contributed by atoms with Crippen LogP contribution in [0, 0.1) is 13.8 Å². The number of rotatable bonds is 5. The van der Waals surface area contributed by atoms with Crippen molar-refractivity contribution in [2.24, 2.45) is 0 Å². The predicted octanol–water partition coefficient (Wildman–Crippen LogP) is 2.91. The summed E-state index contributed by atoms with van der Waals surface area (Å²) in [5.41, 5.74) is 2.07. The van der Waals surface area contributed by atoms with E-state index in [1.807, 2.05) is 26.0 Å². The summed E-state index contributed by atoms with van der Waals surface area (Å²) in [4.78, 5) is 22.7. The summed E-state index contributed by atoms with van der Waals surface area (Å²) in [5, 5.41) is 0.873. The van der Waals surface area contributed by atoms with Crippen molar-refractivity contribution < 1.29 is 18.7 Å². The fourth-order valence-electron chi connectivity index (χ4n) is 2.07. The van der Waals surface area contributed by atoms with E-state index in [1.54, 1.807) is 6.92 Å². The van der Waals surface area contributed by atoms with Gasteiger partial charge in [-0.05, 0) is 38.5 Å². The molecular weight excluding hydrogens is 284 g/mol. The fourth-order valence-corrected chi connectivity index (χ4v) is 2.07. The van der Waals surface area contributed by atoms with Crippen molar-refractivity contribution in [2.75, 3.05) is 13.2 Å². The van der Waals surface area contributed by atoms with Crippen LogP contribution >= 0.6 is 0 Å². The van der Waals surface area contributed by atoms with Gasteiger partial charge in [0.15, 0.2) is 0 Å². The lowest BCUT2D eigenvalue weighted by atomic mass is 10.1. The van der Waals surface area contributed by atoms with E-state index in [4.69, 9.17) is 13.9 Å². The zero-order valence-electron chi connectivity index (χ0n) is 12.9. The monoisotopic (exact) mass is 302 g/mol. The van der Waals surface area contributed by atoms with Crippen LogP contribution in [-0.2, 0) is 9.53 Å². The molecule has 0 aliphatic carbocycles. The number of ether oxygens (including phenoxy) is 2. The summed E-state index contributed by atoms with van der Waals surface area (Å²) in [5.74, 6) is 0.146. The molecule has 0 aliphatic heterocycles. The van der Waals surface area contributed by atoms with Gasteiger partial charge in [-0.3, -0.25) is 0 Å². The number of aryl methyl sites for hydroxylation is 2. The van der Waals surface area contributed by atoms with E-state index in [0.717, 1.165) is 16.5 Å². The van der Waals surface area contributed by atoms with E-state index < -0.39 is 5.97 Å². The van der Waals surface area contributed by atoms with Crippen molar-refractivity contribution in [3.63, 3.8) is 0 Å². The lowest BCUT2D eigenvalue weighted by Gasteiger charge is -2.11. The summed E-state index contributed by atoms with van der Waals surface area (Å²) >= 11 is 0. The predicted molar refractivity (Wildman–Crippen MR) is 83.2 cm³/mol. The van der Waals surface area contributed by atoms with Crippen LogP contribution in [0.5, 0.6) is 5.75 Å². The standard InChI is InChI=1S/C17H18O5/c1-10(2)17(19)21-8-7-20-14-6-5-13-11(3)9-15(18)22-16(13)12(14)4/h5-6,9H,1,7-8H2,2-4H3. The third kappa shape index (κ3) is 3.36. The molecule has 0 saturated carbocycles. The van der Waals surface area contributed by atoms with Crippen LogP contribution in [0.15, 0.2) is 39.6 Å². The molecule has 0 radical (unpaired) electrons. The zero-order chi connectivity index (χ0) is 16.3. The molecule has 5 heteroatoms. The number of carbonyl (C=O) groups excluding carboxylic acids is 1. The van der Waals surface area contributed by atoms with Crippen molar-refractivity contribution in [3.8, 4) is 5.75 Å². The van der Waals surface area contributed by atoms with Crippen LogP contribution in [0.1, 0.15) is 18.1 Å². The molecule has 5 nitrogen and oxygen atoms in total. The van der Waals surface area contributed by atoms with Gasteiger partial charge in [0, 0.05) is 22.6 Å². The van der Waals surface area contributed by atoms with Crippen molar-refractivity contribution >= 4 is 16.9 Å². The molecule has 1 aromatic carbocycles. The third-order valence-electron chi connectivity index (χ3n) is 3.24. The highest BCUT2D eigenvalue weighted by atomic mass is 16.6. The Balaban J connectivity index is 2.13. The van der Waals surface area contributed by atoms with E-state index in [1.165, 1.54) is 6.07 Å². The maximum atomic E-state index is 11.5. The summed E-state index contributed by atoms with van der Waals surface area (Å²) in [6.45, 7) is 9.10. The molecule has 0 bridgehead atoms. The summed E-state index contributed by atoms with van der Waals surface area (Å²) < 4.78 is 15.8. The normalized spacial score (nSPS) is 10.5. The number of esters is 1. The van der Waals surface area contributed by atoms with Crippen molar-refractivity contribution in [3.05, 3.63) is 51.9 Å². The number of hydrogen-bond acceptors (Lipinski definition) is 5. The van der Waals surface area contributed by atoms with E-state index >= 15 is 0 Å². The van der Waals surface area contributed by atoms with Gasteiger partial charge in [-0.2, -0.15) is 0 Å². The van der Waals surface area contributed by atoms with Gasteiger partial charge in [0.05, 0.1) is 0 Å². The number of hydrogen-bond donors (Lipinski definition) is 0. The maximum absolute atomic E-state index is 11.5. The van der Waals surface area contributed by atoms with Crippen LogP contribution in [0.4, 0.5) is 0 Å². The lowest BCUT2D eigenvalue weighted by Crippen LogP contribution is -2.12. The minimum absolute atomic E-state index is 0.126. The molecular formula is C17H18O5. The average Bonchev–Trinajstić information content (AvgIpc) is 2.45. The Morgan fingerprint density at radius 3 is 2.68 bits per heavy atom. The van der Waals surface area contributed by atoms with Crippen molar-refractivity contribution in [2.45, 2.75) is 20.8 Å². The SMILES string of the molecule is C=C(C)C(=O)OCCOc1ccc2c(C)cc(=O)oc2c1C. The molecule has 0 N–H and O–H groups in total. The molecule has 0 spiro atoms. The minimum atomic E-state index is -0.444. The van der Waals surface area contributed by atoms with Gasteiger partial charge in [-0.1, -0.05) is 6.58 Å². The van der Waals surface area contributed by atoms with Crippen LogP contribution in [0.3, 0.4) is 0 Å². The molecule has 116 valence electrons. The van der Waals surface area contributed by atoms with Gasteiger partial charge in [0.1, 0.15) is 24.5 Å². The number of benzene rings is 1. The van der Waals surface area contributed by atoms with E-state index in [-0.39, 0.29) is 18.8 Å². The molecule has 0 amide bonds. The molecule has 1 aromatic heterocycles. The number of carbonyl (C=O) groups is 1. The van der Waals surface area contributed by atoms with Crippen molar-refractivity contribution in [1.29, 1.82) is 0 Å². The second kappa shape index (κ2) is 6.47. The largest absolute Gasteiger partial charge is 0.490 e. The highest BCUT2D eigenvalue weighted by molar-refractivity contribution is 5.87.